The molecule has 7 heteroatoms. The molecule has 0 radical (unpaired) electrons. The van der Waals surface area contributed by atoms with E-state index >= 15 is 0 Å². The van der Waals surface area contributed by atoms with Crippen molar-refractivity contribution in [2.24, 2.45) is 5.84 Å². The van der Waals surface area contributed by atoms with Gasteiger partial charge >= 0.3 is 0 Å². The Morgan fingerprint density at radius 2 is 2.05 bits per heavy atom. The summed E-state index contributed by atoms with van der Waals surface area (Å²) in [5.41, 5.74) is 2.57. The predicted molar refractivity (Wildman–Crippen MR) is 79.3 cm³/mol. The molecule has 1 aliphatic rings. The van der Waals surface area contributed by atoms with Crippen molar-refractivity contribution in [3.05, 3.63) is 11.9 Å². The van der Waals surface area contributed by atoms with Crippen LogP contribution in [0.4, 0.5) is 11.6 Å². The molecule has 20 heavy (non-hydrogen) atoms. The van der Waals surface area contributed by atoms with E-state index in [4.69, 9.17) is 10.6 Å². The Kier molecular flexibility index (Phi) is 5.51. The number of hydrogen-bond donors (Lipinski definition) is 3. The molecule has 0 atom stereocenters. The molecule has 2 heterocycles. The summed E-state index contributed by atoms with van der Waals surface area (Å²) in [4.78, 5) is 11.1. The van der Waals surface area contributed by atoms with Gasteiger partial charge in [0.25, 0.3) is 0 Å². The lowest BCUT2D eigenvalue weighted by molar-refractivity contribution is 0.128. The van der Waals surface area contributed by atoms with Crippen LogP contribution in [0.25, 0.3) is 0 Å². The zero-order chi connectivity index (χ0) is 14.4. The summed E-state index contributed by atoms with van der Waals surface area (Å²) in [6.45, 7) is 5.20. The molecule has 1 saturated heterocycles. The molecule has 112 valence electrons. The average Bonchev–Trinajstić information content (AvgIpc) is 2.47. The number of nitrogens with two attached hydrogens (primary N) is 1. The van der Waals surface area contributed by atoms with Gasteiger partial charge in [-0.25, -0.2) is 15.8 Å². The normalized spacial score (nSPS) is 17.1. The SMILES string of the molecule is CCOCc1nc(NN)cc(NC2CCN(C)CC2)n1. The van der Waals surface area contributed by atoms with Crippen molar-refractivity contribution in [1.82, 2.24) is 14.9 Å². The van der Waals surface area contributed by atoms with E-state index in [-0.39, 0.29) is 0 Å². The molecule has 0 aliphatic carbocycles. The molecular formula is C13H24N6O. The van der Waals surface area contributed by atoms with E-state index < -0.39 is 0 Å². The molecule has 1 fully saturated rings. The fourth-order valence-electron chi connectivity index (χ4n) is 2.26. The van der Waals surface area contributed by atoms with Crippen LogP contribution in [-0.4, -0.2) is 47.7 Å². The fourth-order valence-corrected chi connectivity index (χ4v) is 2.26. The number of nitrogens with one attached hydrogen (secondary N) is 2. The summed E-state index contributed by atoms with van der Waals surface area (Å²) < 4.78 is 5.35. The minimum atomic E-state index is 0.397. The second-order valence-electron chi connectivity index (χ2n) is 5.06. The number of piperidine rings is 1. The fraction of sp³-hybridized carbons (Fsp3) is 0.692. The Morgan fingerprint density at radius 1 is 1.35 bits per heavy atom. The van der Waals surface area contributed by atoms with Crippen molar-refractivity contribution in [3.63, 3.8) is 0 Å². The smallest absolute Gasteiger partial charge is 0.158 e. The highest BCUT2D eigenvalue weighted by molar-refractivity contribution is 5.47. The van der Waals surface area contributed by atoms with Gasteiger partial charge in [0.1, 0.15) is 18.2 Å². The van der Waals surface area contributed by atoms with E-state index in [0.717, 1.165) is 31.7 Å². The van der Waals surface area contributed by atoms with Gasteiger partial charge in [0.15, 0.2) is 5.82 Å². The van der Waals surface area contributed by atoms with Crippen LogP contribution in [0.3, 0.4) is 0 Å². The highest BCUT2D eigenvalue weighted by Crippen LogP contribution is 2.17. The van der Waals surface area contributed by atoms with Crippen LogP contribution < -0.4 is 16.6 Å². The maximum absolute atomic E-state index is 5.45. The average molecular weight is 280 g/mol. The molecule has 0 amide bonds. The van der Waals surface area contributed by atoms with Gasteiger partial charge in [-0.15, -0.1) is 0 Å². The van der Waals surface area contributed by atoms with Crippen LogP contribution in [0.1, 0.15) is 25.6 Å². The quantitative estimate of drug-likeness (QED) is 0.525. The monoisotopic (exact) mass is 280 g/mol. The Hall–Kier alpha value is -1.44. The summed E-state index contributed by atoms with van der Waals surface area (Å²) in [6.07, 6.45) is 2.24. The first-order valence-corrected chi connectivity index (χ1v) is 7.08. The molecule has 1 aromatic heterocycles. The topological polar surface area (TPSA) is 88.3 Å². The van der Waals surface area contributed by atoms with Gasteiger partial charge in [0.2, 0.25) is 0 Å². The number of hydrogen-bond acceptors (Lipinski definition) is 7. The van der Waals surface area contributed by atoms with Gasteiger partial charge in [-0.1, -0.05) is 0 Å². The summed E-state index contributed by atoms with van der Waals surface area (Å²) >= 11 is 0. The van der Waals surface area contributed by atoms with Crippen LogP contribution in [0, 0.1) is 0 Å². The van der Waals surface area contributed by atoms with Crippen LogP contribution >= 0.6 is 0 Å². The molecule has 4 N–H and O–H groups in total. The second-order valence-corrected chi connectivity index (χ2v) is 5.06. The third-order valence-electron chi connectivity index (χ3n) is 3.43. The Labute approximate surface area is 119 Å². The Morgan fingerprint density at radius 3 is 2.70 bits per heavy atom. The lowest BCUT2D eigenvalue weighted by Crippen LogP contribution is -2.37. The van der Waals surface area contributed by atoms with E-state index in [1.807, 2.05) is 13.0 Å². The van der Waals surface area contributed by atoms with Crippen molar-refractivity contribution < 1.29 is 4.74 Å². The summed E-state index contributed by atoms with van der Waals surface area (Å²) in [5.74, 6) is 7.49. The first-order chi connectivity index (χ1) is 9.71. The number of nitrogens with zero attached hydrogens (tertiary/aromatic N) is 3. The summed E-state index contributed by atoms with van der Waals surface area (Å²) in [6, 6.07) is 2.28. The molecule has 0 bridgehead atoms. The summed E-state index contributed by atoms with van der Waals surface area (Å²) in [5, 5.41) is 3.46. The van der Waals surface area contributed by atoms with Crippen molar-refractivity contribution in [2.45, 2.75) is 32.4 Å². The maximum atomic E-state index is 5.45. The zero-order valence-corrected chi connectivity index (χ0v) is 12.2. The molecule has 0 unspecified atom stereocenters. The predicted octanol–water partition coefficient (Wildman–Crippen LogP) is 0.805. The van der Waals surface area contributed by atoms with E-state index in [2.05, 4.69) is 32.7 Å². The van der Waals surface area contributed by atoms with E-state index in [1.54, 1.807) is 0 Å². The largest absolute Gasteiger partial charge is 0.374 e. The van der Waals surface area contributed by atoms with Gasteiger partial charge in [-0.3, -0.25) is 0 Å². The lowest BCUT2D eigenvalue weighted by atomic mass is 10.1. The molecule has 1 aliphatic heterocycles. The van der Waals surface area contributed by atoms with Crippen LogP contribution in [0.15, 0.2) is 6.07 Å². The number of ether oxygens (including phenoxy) is 1. The molecule has 1 aromatic rings. The third kappa shape index (κ3) is 4.29. The number of nitrogen functional groups attached to an aromatic ring is 1. The van der Waals surface area contributed by atoms with Crippen LogP contribution in [0.2, 0.25) is 0 Å². The highest BCUT2D eigenvalue weighted by atomic mass is 16.5. The maximum Gasteiger partial charge on any atom is 0.158 e. The van der Waals surface area contributed by atoms with Crippen molar-refractivity contribution in [2.75, 3.05) is 37.5 Å². The minimum absolute atomic E-state index is 0.397. The standard InChI is InChI=1S/C13H24N6O/c1-3-20-9-13-16-11(8-12(17-13)18-14)15-10-4-6-19(2)7-5-10/h8,10H,3-7,9,14H2,1-2H3,(H2,15,16,17,18). The number of hydrazine groups is 1. The zero-order valence-electron chi connectivity index (χ0n) is 12.2. The second kappa shape index (κ2) is 7.37. The Balaban J connectivity index is 2.02. The molecule has 7 nitrogen and oxygen atoms in total. The van der Waals surface area contributed by atoms with E-state index in [1.165, 1.54) is 0 Å². The van der Waals surface area contributed by atoms with E-state index in [0.29, 0.717) is 30.9 Å². The van der Waals surface area contributed by atoms with Gasteiger partial charge in [0.05, 0.1) is 0 Å². The van der Waals surface area contributed by atoms with E-state index in [9.17, 15) is 0 Å². The minimum Gasteiger partial charge on any atom is -0.374 e. The first kappa shape index (κ1) is 15.0. The molecular weight excluding hydrogens is 256 g/mol. The molecule has 0 aromatic carbocycles. The van der Waals surface area contributed by atoms with Crippen LogP contribution in [0.5, 0.6) is 0 Å². The Bertz CT molecular complexity index is 419. The molecule has 0 spiro atoms. The van der Waals surface area contributed by atoms with Crippen molar-refractivity contribution in [3.8, 4) is 0 Å². The lowest BCUT2D eigenvalue weighted by Gasteiger charge is -2.29. The van der Waals surface area contributed by atoms with Crippen molar-refractivity contribution >= 4 is 11.6 Å². The van der Waals surface area contributed by atoms with Crippen LogP contribution in [-0.2, 0) is 11.3 Å². The highest BCUT2D eigenvalue weighted by Gasteiger charge is 2.17. The summed E-state index contributed by atoms with van der Waals surface area (Å²) in [7, 11) is 2.15. The third-order valence-corrected chi connectivity index (χ3v) is 3.43. The number of anilines is 2. The number of likely N-dealkylation sites (tertiary alicyclic amines) is 1. The van der Waals surface area contributed by atoms with Gasteiger partial charge < -0.3 is 20.4 Å². The number of rotatable bonds is 6. The van der Waals surface area contributed by atoms with Gasteiger partial charge in [-0.2, -0.15) is 0 Å². The van der Waals surface area contributed by atoms with Gasteiger partial charge in [-0.05, 0) is 39.9 Å². The first-order valence-electron chi connectivity index (χ1n) is 7.08. The molecule has 0 saturated carbocycles. The van der Waals surface area contributed by atoms with Crippen molar-refractivity contribution in [1.29, 1.82) is 0 Å². The number of aromatic nitrogens is 2. The molecule has 2 rings (SSSR count). The van der Waals surface area contributed by atoms with Gasteiger partial charge in [0, 0.05) is 18.7 Å².